The Morgan fingerprint density at radius 2 is 1.48 bits per heavy atom. The lowest BCUT2D eigenvalue weighted by atomic mass is 10.0. The molecule has 0 fully saturated rings. The smallest absolute Gasteiger partial charge is 0.360 e. The Hall–Kier alpha value is -2.06. The van der Waals surface area contributed by atoms with Crippen LogP contribution in [0.1, 0.15) is 63.9 Å². The van der Waals surface area contributed by atoms with Crippen molar-refractivity contribution in [2.24, 2.45) is 0 Å². The highest BCUT2D eigenvalue weighted by Gasteiger charge is 2.24. The highest BCUT2D eigenvalue weighted by atomic mass is 16.1. The second-order valence-electron chi connectivity index (χ2n) is 5.89. The molecule has 0 aliphatic rings. The van der Waals surface area contributed by atoms with Crippen molar-refractivity contribution in [1.82, 2.24) is 0 Å². The Kier molecular flexibility index (Phi) is 9.49. The van der Waals surface area contributed by atoms with Crippen LogP contribution in [0.25, 0.3) is 5.53 Å². The van der Waals surface area contributed by atoms with Gasteiger partial charge >= 0.3 is 5.71 Å². The lowest BCUT2D eigenvalue weighted by molar-refractivity contribution is -0.123. The maximum Gasteiger partial charge on any atom is 0.399 e. The Labute approximate surface area is 138 Å². The van der Waals surface area contributed by atoms with Gasteiger partial charge in [-0.1, -0.05) is 62.4 Å². The number of aryl methyl sites for hydroxylation is 1. The van der Waals surface area contributed by atoms with Crippen LogP contribution in [0.15, 0.2) is 30.3 Å². The topological polar surface area (TPSA) is 70.5 Å². The molecule has 0 heterocycles. The van der Waals surface area contributed by atoms with E-state index in [4.69, 9.17) is 5.53 Å². The molecule has 23 heavy (non-hydrogen) atoms. The van der Waals surface area contributed by atoms with E-state index in [0.717, 1.165) is 25.7 Å². The minimum Gasteiger partial charge on any atom is -0.360 e. The van der Waals surface area contributed by atoms with Gasteiger partial charge in [0.1, 0.15) is 0 Å². The summed E-state index contributed by atoms with van der Waals surface area (Å²) in [5, 5.41) is 0. The van der Waals surface area contributed by atoms with Gasteiger partial charge in [0.15, 0.2) is 0 Å². The van der Waals surface area contributed by atoms with E-state index in [0.29, 0.717) is 0 Å². The minimum absolute atomic E-state index is 0.285. The summed E-state index contributed by atoms with van der Waals surface area (Å²) in [5.74, 6) is -0.834. The summed E-state index contributed by atoms with van der Waals surface area (Å²) in [7, 11) is 0. The molecule has 4 nitrogen and oxygen atoms in total. The molecule has 124 valence electrons. The third-order valence-corrected chi connectivity index (χ3v) is 3.91. The number of rotatable bonds is 12. The standard InChI is InChI=1S/C19H26N2O2/c1-16(22)19(21-20)18(23)15-11-6-4-2-3-5-8-12-17-13-9-7-10-14-17/h7,9-10,13-14H,2-6,8,11-12,15H2,1H3. The van der Waals surface area contributed by atoms with Crippen molar-refractivity contribution >= 4 is 17.3 Å². The maximum atomic E-state index is 11.6. The monoisotopic (exact) mass is 314 g/mol. The summed E-state index contributed by atoms with van der Waals surface area (Å²) in [4.78, 5) is 25.4. The molecule has 0 bridgehead atoms. The highest BCUT2D eigenvalue weighted by Crippen LogP contribution is 2.11. The zero-order valence-electron chi connectivity index (χ0n) is 14.0. The third-order valence-electron chi connectivity index (χ3n) is 3.91. The van der Waals surface area contributed by atoms with Gasteiger partial charge in [0.05, 0.1) is 0 Å². The van der Waals surface area contributed by atoms with Gasteiger partial charge in [-0.05, 0) is 24.8 Å². The second-order valence-corrected chi connectivity index (χ2v) is 5.89. The van der Waals surface area contributed by atoms with Gasteiger partial charge in [0.25, 0.3) is 0 Å². The van der Waals surface area contributed by atoms with E-state index in [1.807, 2.05) is 6.07 Å². The minimum atomic E-state index is -0.476. The number of benzene rings is 1. The van der Waals surface area contributed by atoms with Crippen molar-refractivity contribution in [2.75, 3.05) is 0 Å². The first-order valence-electron chi connectivity index (χ1n) is 8.45. The van der Waals surface area contributed by atoms with Crippen LogP contribution in [0.5, 0.6) is 0 Å². The van der Waals surface area contributed by atoms with Crippen molar-refractivity contribution in [3.05, 3.63) is 41.4 Å². The van der Waals surface area contributed by atoms with Gasteiger partial charge in [-0.25, -0.2) is 0 Å². The van der Waals surface area contributed by atoms with Gasteiger partial charge in [0.2, 0.25) is 11.6 Å². The van der Waals surface area contributed by atoms with Crippen molar-refractivity contribution in [3.63, 3.8) is 0 Å². The summed E-state index contributed by atoms with van der Waals surface area (Å²) in [6.45, 7) is 1.24. The SMILES string of the molecule is CC(=O)C(=[N+]=[N-])C(=O)CCCCCCCCCc1ccccc1. The number of nitrogens with zero attached hydrogens (tertiary/aromatic N) is 2. The third kappa shape index (κ3) is 8.22. The van der Waals surface area contributed by atoms with Gasteiger partial charge in [-0.15, -0.1) is 0 Å². The Morgan fingerprint density at radius 1 is 0.913 bits per heavy atom. The van der Waals surface area contributed by atoms with E-state index >= 15 is 0 Å². The Balaban J connectivity index is 1.98. The second kappa shape index (κ2) is 11.5. The van der Waals surface area contributed by atoms with E-state index in [1.165, 1.54) is 38.2 Å². The molecule has 0 aromatic heterocycles. The van der Waals surface area contributed by atoms with Gasteiger partial charge in [-0.3, -0.25) is 9.59 Å². The van der Waals surface area contributed by atoms with E-state index in [-0.39, 0.29) is 17.9 Å². The number of unbranched alkanes of at least 4 members (excludes halogenated alkanes) is 6. The lowest BCUT2D eigenvalue weighted by Gasteiger charge is -2.02. The molecule has 0 aliphatic carbocycles. The normalized spacial score (nSPS) is 10.1. The molecule has 0 spiro atoms. The van der Waals surface area contributed by atoms with Crippen LogP contribution in [-0.2, 0) is 16.0 Å². The van der Waals surface area contributed by atoms with Crippen molar-refractivity contribution in [1.29, 1.82) is 0 Å². The first kappa shape index (κ1) is 19.0. The number of ketones is 2. The summed E-state index contributed by atoms with van der Waals surface area (Å²) in [5.41, 5.74) is 9.69. The summed E-state index contributed by atoms with van der Waals surface area (Å²) in [6.07, 6.45) is 9.10. The van der Waals surface area contributed by atoms with Crippen molar-refractivity contribution in [3.8, 4) is 0 Å². The van der Waals surface area contributed by atoms with Crippen LogP contribution < -0.4 is 0 Å². The molecule has 0 amide bonds. The lowest BCUT2D eigenvalue weighted by Crippen LogP contribution is -2.22. The fourth-order valence-corrected chi connectivity index (χ4v) is 2.58. The highest BCUT2D eigenvalue weighted by molar-refractivity contribution is 6.63. The molecule has 1 aromatic carbocycles. The summed E-state index contributed by atoms with van der Waals surface area (Å²) in [6, 6.07) is 10.5. The van der Waals surface area contributed by atoms with Crippen molar-refractivity contribution in [2.45, 2.75) is 64.7 Å². The van der Waals surface area contributed by atoms with Gasteiger partial charge in [-0.2, -0.15) is 4.79 Å². The van der Waals surface area contributed by atoms with E-state index in [1.54, 1.807) is 0 Å². The predicted molar refractivity (Wildman–Crippen MR) is 91.4 cm³/mol. The number of hydrogen-bond donors (Lipinski definition) is 0. The number of hydrogen-bond acceptors (Lipinski definition) is 2. The number of carbonyl (C=O) groups excluding carboxylic acids is 2. The molecule has 0 radical (unpaired) electrons. The molecule has 4 heteroatoms. The predicted octanol–water partition coefficient (Wildman–Crippen LogP) is 4.18. The van der Waals surface area contributed by atoms with Gasteiger partial charge in [0, 0.05) is 13.3 Å². The van der Waals surface area contributed by atoms with Crippen LogP contribution in [-0.4, -0.2) is 22.1 Å². The van der Waals surface area contributed by atoms with Crippen LogP contribution in [0.2, 0.25) is 0 Å². The average molecular weight is 314 g/mol. The fourth-order valence-electron chi connectivity index (χ4n) is 2.58. The molecule has 0 N–H and O–H groups in total. The van der Waals surface area contributed by atoms with Crippen molar-refractivity contribution < 1.29 is 14.4 Å². The average Bonchev–Trinajstić information content (AvgIpc) is 2.54. The largest absolute Gasteiger partial charge is 0.399 e. The Bertz CT molecular complexity index is 546. The fraction of sp³-hybridized carbons (Fsp3) is 0.526. The molecule has 0 saturated carbocycles. The quantitative estimate of drug-likeness (QED) is 0.191. The first-order valence-corrected chi connectivity index (χ1v) is 8.45. The van der Waals surface area contributed by atoms with Crippen LogP contribution >= 0.6 is 0 Å². The molecular formula is C19H26N2O2. The summed E-state index contributed by atoms with van der Waals surface area (Å²) < 4.78 is 0. The number of Topliss-reactive ketones (excluding diaryl/α,β-unsaturated/α-hetero) is 2. The number of carbonyl (C=O) groups is 2. The Morgan fingerprint density at radius 3 is 2.04 bits per heavy atom. The summed E-state index contributed by atoms with van der Waals surface area (Å²) >= 11 is 0. The maximum absolute atomic E-state index is 11.6. The molecule has 0 saturated heterocycles. The zero-order chi connectivity index (χ0) is 16.9. The molecular weight excluding hydrogens is 288 g/mol. The van der Waals surface area contributed by atoms with Crippen LogP contribution in [0, 0.1) is 0 Å². The van der Waals surface area contributed by atoms with E-state index in [2.05, 4.69) is 29.1 Å². The van der Waals surface area contributed by atoms with Crippen LogP contribution in [0.4, 0.5) is 0 Å². The van der Waals surface area contributed by atoms with Crippen LogP contribution in [0.3, 0.4) is 0 Å². The van der Waals surface area contributed by atoms with E-state index < -0.39 is 5.78 Å². The van der Waals surface area contributed by atoms with Gasteiger partial charge < -0.3 is 5.53 Å². The van der Waals surface area contributed by atoms with E-state index in [9.17, 15) is 9.59 Å². The first-order chi connectivity index (χ1) is 11.1. The molecule has 0 aliphatic heterocycles. The molecule has 1 rings (SSSR count). The molecule has 1 aromatic rings. The zero-order valence-corrected chi connectivity index (χ0v) is 14.0. The molecule has 0 unspecified atom stereocenters. The molecule has 0 atom stereocenters.